The fraction of sp³-hybridized carbons (Fsp3) is 0.263. The van der Waals surface area contributed by atoms with E-state index in [-0.39, 0.29) is 21.7 Å². The predicted molar refractivity (Wildman–Crippen MR) is 260 cm³/mol. The summed E-state index contributed by atoms with van der Waals surface area (Å²) in [7, 11) is 0. The smallest absolute Gasteiger partial charge is 0.0887 e. The van der Waals surface area contributed by atoms with Gasteiger partial charge in [0, 0.05) is 33.6 Å². The lowest BCUT2D eigenvalue weighted by Crippen LogP contribution is -2.20. The van der Waals surface area contributed by atoms with Crippen molar-refractivity contribution in [2.75, 3.05) is 9.80 Å². The predicted octanol–water partition coefficient (Wildman–Crippen LogP) is 16.8. The van der Waals surface area contributed by atoms with Crippen molar-refractivity contribution in [1.29, 1.82) is 0 Å². The van der Waals surface area contributed by atoms with Gasteiger partial charge >= 0.3 is 0 Å². The van der Waals surface area contributed by atoms with Crippen LogP contribution in [0.3, 0.4) is 0 Å². The van der Waals surface area contributed by atoms with Crippen LogP contribution in [0.2, 0.25) is 5.02 Å². The molecule has 7 aromatic carbocycles. The summed E-state index contributed by atoms with van der Waals surface area (Å²) in [6, 6.07) is 61.9. The summed E-state index contributed by atoms with van der Waals surface area (Å²) in [5, 5.41) is 0.669. The molecule has 0 aliphatic rings. The molecular weight excluding hydrogens is 748 g/mol. The topological polar surface area (TPSA) is 6.48 Å². The molecular formula is C57H61ClN2. The molecule has 0 spiro atoms. The van der Waals surface area contributed by atoms with Gasteiger partial charge in [0.1, 0.15) is 0 Å². The molecule has 0 fully saturated rings. The van der Waals surface area contributed by atoms with E-state index in [1.54, 1.807) is 0 Å². The first kappa shape index (κ1) is 42.6. The van der Waals surface area contributed by atoms with E-state index < -0.39 is 0 Å². The Morgan fingerprint density at radius 3 is 0.850 bits per heavy atom. The van der Waals surface area contributed by atoms with Crippen molar-refractivity contribution in [3.8, 4) is 0 Å². The molecule has 306 valence electrons. The molecule has 0 saturated carbocycles. The van der Waals surface area contributed by atoms with E-state index >= 15 is 0 Å². The van der Waals surface area contributed by atoms with E-state index in [1.165, 1.54) is 33.4 Å². The van der Waals surface area contributed by atoms with Gasteiger partial charge in [0.2, 0.25) is 0 Å². The van der Waals surface area contributed by atoms with Crippen molar-refractivity contribution in [3.05, 3.63) is 214 Å². The second-order valence-corrected chi connectivity index (χ2v) is 19.8. The first-order valence-electron chi connectivity index (χ1n) is 21.3. The molecule has 0 amide bonds. The maximum Gasteiger partial charge on any atom is 0.0887 e. The average Bonchev–Trinajstić information content (AvgIpc) is 3.23. The van der Waals surface area contributed by atoms with Crippen molar-refractivity contribution in [2.45, 2.75) is 97.8 Å². The van der Waals surface area contributed by atoms with Gasteiger partial charge in [-0.05, 0) is 117 Å². The highest BCUT2D eigenvalue weighted by Crippen LogP contribution is 2.48. The Bertz CT molecular complexity index is 2370. The third-order valence-electron chi connectivity index (χ3n) is 12.3. The minimum absolute atomic E-state index is 0.0318. The van der Waals surface area contributed by atoms with E-state index in [0.29, 0.717) is 5.02 Å². The van der Waals surface area contributed by atoms with Crippen LogP contribution >= 0.6 is 11.6 Å². The monoisotopic (exact) mass is 808 g/mol. The molecule has 0 radical (unpaired) electrons. The minimum atomic E-state index is -0.172. The SMILES string of the molecule is Cc1cc(N(c2ccc(C(C)(C)C)cc2)c2ccc(C(C)(C)C)cc2)c(Cl)c(N(c2ccc(C(C)(C)c3ccccc3)cc2)c2ccc(C(C)(C)c3ccccc3)cc2)c1. The largest absolute Gasteiger partial charge is 0.309 e. The lowest BCUT2D eigenvalue weighted by Gasteiger charge is -2.33. The lowest BCUT2D eigenvalue weighted by molar-refractivity contribution is 0.590. The third kappa shape index (κ3) is 8.68. The zero-order valence-electron chi connectivity index (χ0n) is 37.4. The quantitative estimate of drug-likeness (QED) is 0.136. The van der Waals surface area contributed by atoms with Gasteiger partial charge in [0.15, 0.2) is 0 Å². The van der Waals surface area contributed by atoms with Crippen LogP contribution in [0.5, 0.6) is 0 Å². The fourth-order valence-electron chi connectivity index (χ4n) is 8.23. The molecule has 2 nitrogen and oxygen atoms in total. The van der Waals surface area contributed by atoms with Gasteiger partial charge in [-0.25, -0.2) is 0 Å². The van der Waals surface area contributed by atoms with E-state index in [0.717, 1.165) is 39.7 Å². The van der Waals surface area contributed by atoms with E-state index in [9.17, 15) is 0 Å². The molecule has 0 aliphatic carbocycles. The van der Waals surface area contributed by atoms with Crippen LogP contribution in [0.1, 0.15) is 108 Å². The number of nitrogens with zero attached hydrogens (tertiary/aromatic N) is 2. The highest BCUT2D eigenvalue weighted by atomic mass is 35.5. The zero-order chi connectivity index (χ0) is 43.0. The van der Waals surface area contributed by atoms with Gasteiger partial charge in [-0.2, -0.15) is 0 Å². The summed E-state index contributed by atoms with van der Waals surface area (Å²) < 4.78 is 0. The van der Waals surface area contributed by atoms with Crippen LogP contribution in [-0.2, 0) is 21.7 Å². The second kappa shape index (κ2) is 16.5. The van der Waals surface area contributed by atoms with Crippen molar-refractivity contribution >= 4 is 45.7 Å². The van der Waals surface area contributed by atoms with Crippen molar-refractivity contribution in [2.24, 2.45) is 0 Å². The Hall–Kier alpha value is -5.57. The molecule has 0 aliphatic heterocycles. The molecule has 0 saturated heterocycles. The third-order valence-corrected chi connectivity index (χ3v) is 12.7. The van der Waals surface area contributed by atoms with E-state index in [4.69, 9.17) is 11.6 Å². The molecule has 0 heterocycles. The van der Waals surface area contributed by atoms with Crippen LogP contribution in [0.4, 0.5) is 34.1 Å². The van der Waals surface area contributed by atoms with Crippen LogP contribution in [-0.4, -0.2) is 0 Å². The Labute approximate surface area is 365 Å². The molecule has 3 heteroatoms. The summed E-state index contributed by atoms with van der Waals surface area (Å²) in [4.78, 5) is 4.63. The molecule has 0 N–H and O–H groups in total. The molecule has 7 rings (SSSR count). The Kier molecular flexibility index (Phi) is 11.7. The average molecular weight is 810 g/mol. The number of benzene rings is 7. The normalized spacial score (nSPS) is 12.3. The maximum atomic E-state index is 7.86. The first-order valence-corrected chi connectivity index (χ1v) is 21.7. The Morgan fingerprint density at radius 2 is 0.583 bits per heavy atom. The van der Waals surface area contributed by atoms with Crippen LogP contribution in [0.15, 0.2) is 170 Å². The summed E-state index contributed by atoms with van der Waals surface area (Å²) in [5.74, 6) is 0. The molecule has 7 aromatic rings. The number of aryl methyl sites for hydroxylation is 1. The molecule has 60 heavy (non-hydrogen) atoms. The summed E-state index contributed by atoms with van der Waals surface area (Å²) in [6.07, 6.45) is 0. The van der Waals surface area contributed by atoms with Gasteiger partial charge < -0.3 is 9.80 Å². The van der Waals surface area contributed by atoms with Gasteiger partial charge in [0.25, 0.3) is 0 Å². The van der Waals surface area contributed by atoms with Crippen LogP contribution < -0.4 is 9.80 Å². The first-order chi connectivity index (χ1) is 28.4. The molecule has 0 bridgehead atoms. The highest BCUT2D eigenvalue weighted by molar-refractivity contribution is 6.36. The highest BCUT2D eigenvalue weighted by Gasteiger charge is 2.28. The lowest BCUT2D eigenvalue weighted by atomic mass is 9.78. The standard InChI is InChI=1S/C57H61ClN2/c1-40-38-51(59(47-30-22-41(23-31-47)54(2,3)4)48-32-24-42(25-33-48)55(5,6)7)53(58)52(39-40)60(49-34-26-45(27-35-49)56(8,9)43-18-14-12-15-19-43)50-36-28-46(29-37-50)57(10,11)44-20-16-13-17-21-44/h12-39H,1-11H3. The number of rotatable bonds is 10. The summed E-state index contributed by atoms with van der Waals surface area (Å²) >= 11 is 7.86. The van der Waals surface area contributed by atoms with Crippen LogP contribution in [0, 0.1) is 6.92 Å². The summed E-state index contributed by atoms with van der Waals surface area (Å²) in [5.41, 5.74) is 14.5. The molecule has 0 aromatic heterocycles. The number of hydrogen-bond donors (Lipinski definition) is 0. The maximum absolute atomic E-state index is 7.86. The molecule has 0 atom stereocenters. The van der Waals surface area contributed by atoms with Gasteiger partial charge in [-0.3, -0.25) is 0 Å². The minimum Gasteiger partial charge on any atom is -0.309 e. The Balaban J connectivity index is 1.40. The summed E-state index contributed by atoms with van der Waals surface area (Å²) in [6.45, 7) is 24.9. The Morgan fingerprint density at radius 1 is 0.333 bits per heavy atom. The zero-order valence-corrected chi connectivity index (χ0v) is 38.2. The van der Waals surface area contributed by atoms with Crippen molar-refractivity contribution in [1.82, 2.24) is 0 Å². The fourth-order valence-corrected chi connectivity index (χ4v) is 8.51. The van der Waals surface area contributed by atoms with Gasteiger partial charge in [0.05, 0.1) is 16.4 Å². The van der Waals surface area contributed by atoms with E-state index in [1.807, 2.05) is 0 Å². The number of halogens is 1. The van der Waals surface area contributed by atoms with Crippen LogP contribution in [0.25, 0.3) is 0 Å². The van der Waals surface area contributed by atoms with Gasteiger partial charge in [-0.1, -0.05) is 190 Å². The number of hydrogen-bond acceptors (Lipinski definition) is 2. The van der Waals surface area contributed by atoms with Crippen molar-refractivity contribution in [3.63, 3.8) is 0 Å². The van der Waals surface area contributed by atoms with E-state index in [2.05, 4.69) is 256 Å². The van der Waals surface area contributed by atoms with Crippen molar-refractivity contribution < 1.29 is 0 Å². The molecule has 0 unspecified atom stereocenters. The van der Waals surface area contributed by atoms with Gasteiger partial charge in [-0.15, -0.1) is 0 Å². The number of anilines is 6. The second-order valence-electron chi connectivity index (χ2n) is 19.5.